The van der Waals surface area contributed by atoms with E-state index in [0.29, 0.717) is 40.1 Å². The molecule has 4 rings (SSSR count). The van der Waals surface area contributed by atoms with E-state index in [1.54, 1.807) is 18.2 Å². The van der Waals surface area contributed by atoms with E-state index in [-0.39, 0.29) is 12.2 Å². The summed E-state index contributed by atoms with van der Waals surface area (Å²) in [6, 6.07) is 25.8. The lowest BCUT2D eigenvalue weighted by Gasteiger charge is -2.14. The first-order chi connectivity index (χ1) is 16.0. The minimum atomic E-state index is -1.06. The predicted octanol–water partition coefficient (Wildman–Crippen LogP) is 6.57. The van der Waals surface area contributed by atoms with Crippen LogP contribution in [0.5, 0.6) is 11.5 Å². The maximum absolute atomic E-state index is 11.8. The second-order valence-electron chi connectivity index (χ2n) is 7.51. The van der Waals surface area contributed by atoms with Crippen molar-refractivity contribution in [2.24, 2.45) is 0 Å². The highest BCUT2D eigenvalue weighted by atomic mass is 35.5. The highest BCUT2D eigenvalue weighted by Crippen LogP contribution is 2.33. The largest absolute Gasteiger partial charge is 0.488 e. The van der Waals surface area contributed by atoms with E-state index in [2.05, 4.69) is 4.98 Å². The number of aromatic carboxylic acids is 1. The van der Waals surface area contributed by atoms with Gasteiger partial charge < -0.3 is 14.6 Å². The van der Waals surface area contributed by atoms with Gasteiger partial charge in [-0.15, -0.1) is 0 Å². The van der Waals surface area contributed by atoms with Crippen molar-refractivity contribution in [3.8, 4) is 22.8 Å². The van der Waals surface area contributed by atoms with Gasteiger partial charge in [0.2, 0.25) is 0 Å². The summed E-state index contributed by atoms with van der Waals surface area (Å²) in [6.07, 6.45) is 0. The molecule has 0 spiro atoms. The third-order valence-electron chi connectivity index (χ3n) is 5.06. The fourth-order valence-corrected chi connectivity index (χ4v) is 3.47. The van der Waals surface area contributed by atoms with Crippen molar-refractivity contribution in [3.05, 3.63) is 112 Å². The van der Waals surface area contributed by atoms with E-state index in [1.807, 2.05) is 67.6 Å². The highest BCUT2D eigenvalue weighted by molar-refractivity contribution is 6.30. The Morgan fingerprint density at radius 3 is 2.39 bits per heavy atom. The second-order valence-corrected chi connectivity index (χ2v) is 7.95. The molecule has 0 atom stereocenters. The van der Waals surface area contributed by atoms with Gasteiger partial charge in [-0.3, -0.25) is 0 Å². The van der Waals surface area contributed by atoms with Crippen molar-refractivity contribution in [1.29, 1.82) is 0 Å². The molecule has 1 aromatic heterocycles. The number of aromatic nitrogens is 1. The van der Waals surface area contributed by atoms with Crippen LogP contribution >= 0.6 is 11.6 Å². The summed E-state index contributed by atoms with van der Waals surface area (Å²) in [7, 11) is 0. The first-order valence-corrected chi connectivity index (χ1v) is 10.8. The van der Waals surface area contributed by atoms with Gasteiger partial charge in [0.1, 0.15) is 24.7 Å². The Labute approximate surface area is 197 Å². The number of halogens is 1. The summed E-state index contributed by atoms with van der Waals surface area (Å²) in [4.78, 5) is 16.4. The number of carbonyl (C=O) groups is 1. The third kappa shape index (κ3) is 5.70. The number of ether oxygens (including phenoxy) is 2. The summed E-state index contributed by atoms with van der Waals surface area (Å²) in [6.45, 7) is 2.37. The lowest BCUT2D eigenvalue weighted by molar-refractivity contribution is 0.0693. The smallest absolute Gasteiger partial charge is 0.337 e. The number of rotatable bonds is 8. The lowest BCUT2D eigenvalue weighted by atomic mass is 10.1. The fraction of sp³-hybridized carbons (Fsp3) is 0.111. The molecule has 33 heavy (non-hydrogen) atoms. The number of carboxylic acid groups (broad SMARTS) is 1. The van der Waals surface area contributed by atoms with Crippen LogP contribution in [-0.4, -0.2) is 16.1 Å². The molecule has 5 nitrogen and oxygen atoms in total. The van der Waals surface area contributed by atoms with Crippen molar-refractivity contribution in [2.45, 2.75) is 20.1 Å². The summed E-state index contributed by atoms with van der Waals surface area (Å²) in [5.74, 6) is 0.142. The van der Waals surface area contributed by atoms with Crippen molar-refractivity contribution in [3.63, 3.8) is 0 Å². The normalized spacial score (nSPS) is 10.6. The topological polar surface area (TPSA) is 68.7 Å². The number of carboxylic acids is 1. The minimum Gasteiger partial charge on any atom is -0.488 e. The van der Waals surface area contributed by atoms with Gasteiger partial charge in [0.25, 0.3) is 0 Å². The molecule has 0 aliphatic heterocycles. The first kappa shape index (κ1) is 22.4. The maximum Gasteiger partial charge on any atom is 0.337 e. The van der Waals surface area contributed by atoms with Crippen molar-refractivity contribution in [1.82, 2.24) is 4.98 Å². The molecule has 166 valence electrons. The van der Waals surface area contributed by atoms with Gasteiger partial charge in [-0.2, -0.15) is 0 Å². The van der Waals surface area contributed by atoms with E-state index in [9.17, 15) is 9.90 Å². The molecule has 0 aliphatic carbocycles. The van der Waals surface area contributed by atoms with Gasteiger partial charge in [-0.1, -0.05) is 59.6 Å². The highest BCUT2D eigenvalue weighted by Gasteiger charge is 2.16. The van der Waals surface area contributed by atoms with E-state index in [0.717, 1.165) is 11.1 Å². The first-order valence-electron chi connectivity index (χ1n) is 10.4. The van der Waals surface area contributed by atoms with Gasteiger partial charge >= 0.3 is 5.97 Å². The van der Waals surface area contributed by atoms with E-state index in [1.165, 1.54) is 6.07 Å². The van der Waals surface area contributed by atoms with Crippen LogP contribution in [0.4, 0.5) is 0 Å². The second kappa shape index (κ2) is 10.2. The van der Waals surface area contributed by atoms with Gasteiger partial charge in [0, 0.05) is 10.6 Å². The zero-order valence-electron chi connectivity index (χ0n) is 18.0. The summed E-state index contributed by atoms with van der Waals surface area (Å²) >= 11 is 6.21. The number of nitrogens with zero attached hydrogens (tertiary/aromatic N) is 1. The zero-order valence-corrected chi connectivity index (χ0v) is 18.8. The molecule has 0 saturated carbocycles. The summed E-state index contributed by atoms with van der Waals surface area (Å²) in [5.41, 5.74) is 3.83. The Morgan fingerprint density at radius 2 is 1.67 bits per heavy atom. The quantitative estimate of drug-likeness (QED) is 0.323. The molecule has 1 heterocycles. The van der Waals surface area contributed by atoms with Crippen LogP contribution in [0, 0.1) is 6.92 Å². The number of hydrogen-bond donors (Lipinski definition) is 1. The van der Waals surface area contributed by atoms with Crippen LogP contribution in [0.3, 0.4) is 0 Å². The molecule has 0 radical (unpaired) electrons. The van der Waals surface area contributed by atoms with Crippen LogP contribution in [0.25, 0.3) is 11.3 Å². The predicted molar refractivity (Wildman–Crippen MR) is 128 cm³/mol. The molecule has 1 N–H and O–H groups in total. The van der Waals surface area contributed by atoms with Gasteiger partial charge in [0.05, 0.1) is 17.0 Å². The molecule has 0 saturated heterocycles. The maximum atomic E-state index is 11.8. The van der Waals surface area contributed by atoms with Gasteiger partial charge in [0.15, 0.2) is 0 Å². The molecular weight excluding hydrogens is 438 g/mol. The van der Waals surface area contributed by atoms with Gasteiger partial charge in [-0.05, 0) is 55.0 Å². The van der Waals surface area contributed by atoms with Crippen LogP contribution in [0.1, 0.15) is 27.2 Å². The number of benzene rings is 3. The molecule has 0 amide bonds. The number of pyridine rings is 1. The fourth-order valence-electron chi connectivity index (χ4n) is 3.30. The molecule has 6 heteroatoms. The Hall–Kier alpha value is -3.83. The zero-order chi connectivity index (χ0) is 23.2. The molecule has 3 aromatic carbocycles. The SMILES string of the molecule is Cc1ccc(OCc2nc(-c3ccc(Cl)cc3OCc3ccccc3)ccc2C(=O)O)cc1. The van der Waals surface area contributed by atoms with Gasteiger partial charge in [-0.25, -0.2) is 9.78 Å². The molecule has 0 bridgehead atoms. The van der Waals surface area contributed by atoms with Crippen molar-refractivity contribution < 1.29 is 19.4 Å². The third-order valence-corrected chi connectivity index (χ3v) is 5.29. The molecule has 0 fully saturated rings. The Bertz CT molecular complexity index is 1260. The molecular formula is C27H22ClNO4. The summed E-state index contributed by atoms with van der Waals surface area (Å²) < 4.78 is 11.8. The minimum absolute atomic E-state index is 0.0202. The van der Waals surface area contributed by atoms with E-state index >= 15 is 0 Å². The Balaban J connectivity index is 1.63. The van der Waals surface area contributed by atoms with Crippen molar-refractivity contribution >= 4 is 17.6 Å². The van der Waals surface area contributed by atoms with Crippen LogP contribution in [0.15, 0.2) is 84.9 Å². The van der Waals surface area contributed by atoms with Crippen LogP contribution in [0.2, 0.25) is 5.02 Å². The number of aryl methyl sites for hydroxylation is 1. The average Bonchev–Trinajstić information content (AvgIpc) is 2.83. The summed E-state index contributed by atoms with van der Waals surface area (Å²) in [5, 5.41) is 10.2. The van der Waals surface area contributed by atoms with Crippen molar-refractivity contribution in [2.75, 3.05) is 0 Å². The van der Waals surface area contributed by atoms with E-state index < -0.39 is 5.97 Å². The Morgan fingerprint density at radius 1 is 0.909 bits per heavy atom. The monoisotopic (exact) mass is 459 g/mol. The molecule has 4 aromatic rings. The number of hydrogen-bond acceptors (Lipinski definition) is 4. The molecule has 0 unspecified atom stereocenters. The van der Waals surface area contributed by atoms with E-state index in [4.69, 9.17) is 21.1 Å². The standard InChI is InChI=1S/C27H22ClNO4/c1-18-7-10-21(11-8-18)32-17-25-23(27(30)31)13-14-24(29-25)22-12-9-20(28)15-26(22)33-16-19-5-3-2-4-6-19/h2-15H,16-17H2,1H3,(H,30,31). The van der Waals surface area contributed by atoms with Crippen LogP contribution < -0.4 is 9.47 Å². The lowest BCUT2D eigenvalue weighted by Crippen LogP contribution is -2.09. The average molecular weight is 460 g/mol. The van der Waals surface area contributed by atoms with Crippen LogP contribution in [-0.2, 0) is 13.2 Å². The molecule has 0 aliphatic rings. The Kier molecular flexibility index (Phi) is 6.91.